The standard InChI is InChI=1S/C12H17N3O6/c1-12(2,10(19)20)5-7(16)14-11(21)13-6-4-8(17)15(3)9(6)18/h6H,4-5H2,1-3H3,(H,19,20)(H2,13,14,16,21). The zero-order valence-electron chi connectivity index (χ0n) is 11.9. The summed E-state index contributed by atoms with van der Waals surface area (Å²) in [5.74, 6) is -2.95. The van der Waals surface area contributed by atoms with Crippen LogP contribution in [0.4, 0.5) is 4.79 Å². The van der Waals surface area contributed by atoms with Crippen molar-refractivity contribution >= 4 is 29.7 Å². The molecule has 1 saturated heterocycles. The van der Waals surface area contributed by atoms with Gasteiger partial charge in [0.25, 0.3) is 5.91 Å². The van der Waals surface area contributed by atoms with Gasteiger partial charge in [0.1, 0.15) is 6.04 Å². The second kappa shape index (κ2) is 5.90. The smallest absolute Gasteiger partial charge is 0.322 e. The van der Waals surface area contributed by atoms with Crippen molar-refractivity contribution in [3.63, 3.8) is 0 Å². The second-order valence-electron chi connectivity index (χ2n) is 5.44. The molecule has 1 atom stereocenters. The lowest BCUT2D eigenvalue weighted by Crippen LogP contribution is -2.48. The predicted octanol–water partition coefficient (Wildman–Crippen LogP) is -0.930. The molecular weight excluding hydrogens is 282 g/mol. The SMILES string of the molecule is CN1C(=O)CC(NC(=O)NC(=O)CC(C)(C)C(=O)O)C1=O. The van der Waals surface area contributed by atoms with Gasteiger partial charge in [-0.05, 0) is 13.8 Å². The molecule has 0 aromatic rings. The first kappa shape index (κ1) is 16.6. The van der Waals surface area contributed by atoms with E-state index >= 15 is 0 Å². The van der Waals surface area contributed by atoms with Gasteiger partial charge in [-0.15, -0.1) is 0 Å². The fourth-order valence-corrected chi connectivity index (χ4v) is 1.71. The number of likely N-dealkylation sites (N-methyl/N-ethyl adjacent to an activating group) is 1. The highest BCUT2D eigenvalue weighted by Crippen LogP contribution is 2.20. The fraction of sp³-hybridized carbons (Fsp3) is 0.583. The Hall–Kier alpha value is -2.45. The largest absolute Gasteiger partial charge is 0.481 e. The molecule has 0 aromatic heterocycles. The van der Waals surface area contributed by atoms with Gasteiger partial charge in [-0.2, -0.15) is 0 Å². The van der Waals surface area contributed by atoms with E-state index < -0.39 is 47.6 Å². The molecule has 0 radical (unpaired) electrons. The number of carboxylic acids is 1. The Labute approximate surface area is 120 Å². The van der Waals surface area contributed by atoms with Gasteiger partial charge in [0.2, 0.25) is 11.8 Å². The number of aliphatic carboxylic acids is 1. The summed E-state index contributed by atoms with van der Waals surface area (Å²) >= 11 is 0. The quantitative estimate of drug-likeness (QED) is 0.574. The fourth-order valence-electron chi connectivity index (χ4n) is 1.71. The Kier molecular flexibility index (Phi) is 4.66. The van der Waals surface area contributed by atoms with Crippen LogP contribution in [0.5, 0.6) is 0 Å². The molecule has 9 nitrogen and oxygen atoms in total. The van der Waals surface area contributed by atoms with Crippen LogP contribution in [0.1, 0.15) is 26.7 Å². The van der Waals surface area contributed by atoms with E-state index in [0.717, 1.165) is 4.90 Å². The molecule has 21 heavy (non-hydrogen) atoms. The van der Waals surface area contributed by atoms with E-state index in [2.05, 4.69) is 5.32 Å². The maximum absolute atomic E-state index is 11.6. The lowest BCUT2D eigenvalue weighted by Gasteiger charge is -2.18. The number of likely N-dealkylation sites (tertiary alicyclic amines) is 1. The van der Waals surface area contributed by atoms with E-state index in [4.69, 9.17) is 5.11 Å². The minimum atomic E-state index is -1.32. The van der Waals surface area contributed by atoms with E-state index in [1.807, 2.05) is 5.32 Å². The topological polar surface area (TPSA) is 133 Å². The van der Waals surface area contributed by atoms with Crippen molar-refractivity contribution in [2.75, 3.05) is 7.05 Å². The molecule has 0 saturated carbocycles. The number of imide groups is 2. The number of urea groups is 1. The van der Waals surface area contributed by atoms with Gasteiger partial charge in [0.15, 0.2) is 0 Å². The summed E-state index contributed by atoms with van der Waals surface area (Å²) in [6.45, 7) is 2.70. The first-order valence-electron chi connectivity index (χ1n) is 6.18. The van der Waals surface area contributed by atoms with Crippen molar-refractivity contribution < 1.29 is 29.1 Å². The van der Waals surface area contributed by atoms with Gasteiger partial charge in [-0.25, -0.2) is 4.79 Å². The van der Waals surface area contributed by atoms with Crippen LogP contribution in [0, 0.1) is 5.41 Å². The summed E-state index contributed by atoms with van der Waals surface area (Å²) in [5.41, 5.74) is -1.32. The molecule has 0 spiro atoms. The van der Waals surface area contributed by atoms with E-state index in [0.29, 0.717) is 0 Å². The van der Waals surface area contributed by atoms with Gasteiger partial charge in [0, 0.05) is 13.5 Å². The summed E-state index contributed by atoms with van der Waals surface area (Å²) in [7, 11) is 1.30. The van der Waals surface area contributed by atoms with Gasteiger partial charge >= 0.3 is 12.0 Å². The highest BCUT2D eigenvalue weighted by atomic mass is 16.4. The minimum absolute atomic E-state index is 0.169. The van der Waals surface area contributed by atoms with Crippen LogP contribution in [0.25, 0.3) is 0 Å². The van der Waals surface area contributed by atoms with Crippen LogP contribution in [-0.4, -0.2) is 52.8 Å². The number of nitrogens with zero attached hydrogens (tertiary/aromatic N) is 1. The highest BCUT2D eigenvalue weighted by molar-refractivity contribution is 6.07. The molecule has 0 aliphatic carbocycles. The van der Waals surface area contributed by atoms with Crippen LogP contribution in [-0.2, 0) is 19.2 Å². The third-order valence-corrected chi connectivity index (χ3v) is 3.12. The van der Waals surface area contributed by atoms with E-state index in [1.54, 1.807) is 0 Å². The van der Waals surface area contributed by atoms with Crippen molar-refractivity contribution in [1.29, 1.82) is 0 Å². The molecule has 1 aliphatic heterocycles. The predicted molar refractivity (Wildman–Crippen MR) is 68.9 cm³/mol. The molecule has 3 N–H and O–H groups in total. The molecule has 1 heterocycles. The Morgan fingerprint density at radius 3 is 2.33 bits per heavy atom. The third-order valence-electron chi connectivity index (χ3n) is 3.12. The molecule has 0 aromatic carbocycles. The van der Waals surface area contributed by atoms with Crippen LogP contribution in [0.2, 0.25) is 0 Å². The summed E-state index contributed by atoms with van der Waals surface area (Å²) in [6, 6.07) is -1.95. The maximum atomic E-state index is 11.6. The molecule has 1 unspecified atom stereocenters. The van der Waals surface area contributed by atoms with E-state index in [-0.39, 0.29) is 6.42 Å². The first-order chi connectivity index (χ1) is 9.54. The van der Waals surface area contributed by atoms with E-state index in [9.17, 15) is 24.0 Å². The van der Waals surface area contributed by atoms with Gasteiger partial charge < -0.3 is 10.4 Å². The summed E-state index contributed by atoms with van der Waals surface area (Å²) in [4.78, 5) is 57.7. The number of carbonyl (C=O) groups is 5. The van der Waals surface area contributed by atoms with Crippen LogP contribution >= 0.6 is 0 Å². The van der Waals surface area contributed by atoms with Gasteiger partial charge in [-0.1, -0.05) is 0 Å². The van der Waals surface area contributed by atoms with Crippen molar-refractivity contribution in [1.82, 2.24) is 15.5 Å². The van der Waals surface area contributed by atoms with Crippen molar-refractivity contribution in [3.8, 4) is 0 Å². The van der Waals surface area contributed by atoms with Crippen molar-refractivity contribution in [3.05, 3.63) is 0 Å². The number of carboxylic acid groups (broad SMARTS) is 1. The van der Waals surface area contributed by atoms with Crippen molar-refractivity contribution in [2.45, 2.75) is 32.7 Å². The summed E-state index contributed by atoms with van der Waals surface area (Å²) in [5, 5.41) is 13.0. The molecular formula is C12H17N3O6. The Morgan fingerprint density at radius 2 is 1.90 bits per heavy atom. The third kappa shape index (κ3) is 4.01. The summed E-state index contributed by atoms with van der Waals surface area (Å²) < 4.78 is 0. The second-order valence-corrected chi connectivity index (χ2v) is 5.44. The molecule has 1 fully saturated rings. The number of carbonyl (C=O) groups excluding carboxylic acids is 4. The molecule has 0 bridgehead atoms. The van der Waals surface area contributed by atoms with Crippen molar-refractivity contribution in [2.24, 2.45) is 5.41 Å². The normalized spacial score (nSPS) is 18.6. The summed E-state index contributed by atoms with van der Waals surface area (Å²) in [6.07, 6.45) is -0.565. The van der Waals surface area contributed by atoms with Crippen LogP contribution in [0.15, 0.2) is 0 Å². The Morgan fingerprint density at radius 1 is 1.33 bits per heavy atom. The number of nitrogens with one attached hydrogen (secondary N) is 2. The number of rotatable bonds is 4. The number of hydrogen-bond acceptors (Lipinski definition) is 5. The maximum Gasteiger partial charge on any atom is 0.322 e. The Bertz CT molecular complexity index is 513. The first-order valence-corrected chi connectivity index (χ1v) is 6.18. The van der Waals surface area contributed by atoms with Gasteiger partial charge in [-0.3, -0.25) is 29.4 Å². The average Bonchev–Trinajstić information content (AvgIpc) is 2.55. The van der Waals surface area contributed by atoms with Gasteiger partial charge in [0.05, 0.1) is 11.8 Å². The lowest BCUT2D eigenvalue weighted by molar-refractivity contribution is -0.149. The average molecular weight is 299 g/mol. The highest BCUT2D eigenvalue weighted by Gasteiger charge is 2.37. The van der Waals surface area contributed by atoms with Crippen LogP contribution < -0.4 is 10.6 Å². The molecule has 1 aliphatic rings. The zero-order valence-corrected chi connectivity index (χ0v) is 11.9. The molecule has 116 valence electrons. The zero-order chi connectivity index (χ0) is 16.4. The molecule has 5 amide bonds. The number of hydrogen-bond donors (Lipinski definition) is 3. The number of amides is 5. The van der Waals surface area contributed by atoms with Crippen LogP contribution in [0.3, 0.4) is 0 Å². The monoisotopic (exact) mass is 299 g/mol. The Balaban J connectivity index is 2.52. The minimum Gasteiger partial charge on any atom is -0.481 e. The van der Waals surface area contributed by atoms with E-state index in [1.165, 1.54) is 20.9 Å². The molecule has 9 heteroatoms. The lowest BCUT2D eigenvalue weighted by atomic mass is 9.89. The molecule has 1 rings (SSSR count).